The maximum Gasteiger partial charge on any atom is 0.257 e. The molecule has 0 saturated heterocycles. The molecule has 5 heteroatoms. The number of nitrogens with zero attached hydrogens (tertiary/aromatic N) is 1. The highest BCUT2D eigenvalue weighted by atomic mass is 16.5. The Morgan fingerprint density at radius 1 is 1.59 bits per heavy atom. The molecular formula is C12H18N2O3. The number of aliphatic hydroxyl groups excluding tert-OH is 1. The molecule has 0 spiro atoms. The number of hydrogen-bond donors (Lipinski definition) is 2. The fourth-order valence-electron chi connectivity index (χ4n) is 2.18. The third-order valence-corrected chi connectivity index (χ3v) is 3.49. The van der Waals surface area contributed by atoms with Crippen molar-refractivity contribution in [1.82, 2.24) is 10.5 Å². The van der Waals surface area contributed by atoms with Gasteiger partial charge in [-0.15, -0.1) is 0 Å². The number of carbonyl (C=O) groups excluding carboxylic acids is 1. The Hall–Kier alpha value is -1.36. The number of hydrogen-bond acceptors (Lipinski definition) is 4. The van der Waals surface area contributed by atoms with Gasteiger partial charge >= 0.3 is 0 Å². The molecule has 2 N–H and O–H groups in total. The summed E-state index contributed by atoms with van der Waals surface area (Å²) < 4.78 is 5.03. The van der Waals surface area contributed by atoms with Crippen molar-refractivity contribution in [2.24, 2.45) is 0 Å². The minimum absolute atomic E-state index is 0.00940. The normalized spacial score (nSPS) is 17.6. The quantitative estimate of drug-likeness (QED) is 0.826. The van der Waals surface area contributed by atoms with E-state index in [4.69, 9.17) is 4.52 Å². The molecule has 0 radical (unpaired) electrons. The summed E-state index contributed by atoms with van der Waals surface area (Å²) in [7, 11) is 0. The van der Waals surface area contributed by atoms with E-state index < -0.39 is 5.54 Å². The highest BCUT2D eigenvalue weighted by molar-refractivity contribution is 5.96. The Morgan fingerprint density at radius 3 is 2.76 bits per heavy atom. The predicted molar refractivity (Wildman–Crippen MR) is 61.8 cm³/mol. The van der Waals surface area contributed by atoms with Crippen molar-refractivity contribution in [1.29, 1.82) is 0 Å². The van der Waals surface area contributed by atoms with Gasteiger partial charge in [-0.2, -0.15) is 0 Å². The molecule has 5 nitrogen and oxygen atoms in total. The van der Waals surface area contributed by atoms with Crippen molar-refractivity contribution >= 4 is 5.91 Å². The maximum absolute atomic E-state index is 12.2. The molecule has 1 aromatic heterocycles. The van der Waals surface area contributed by atoms with Crippen LogP contribution in [0.25, 0.3) is 0 Å². The lowest BCUT2D eigenvalue weighted by molar-refractivity contribution is 0.0640. The molecule has 94 valence electrons. The van der Waals surface area contributed by atoms with Crippen LogP contribution >= 0.6 is 0 Å². The maximum atomic E-state index is 12.2. The number of rotatable bonds is 4. The van der Waals surface area contributed by atoms with E-state index >= 15 is 0 Å². The minimum atomic E-state index is -0.425. The van der Waals surface area contributed by atoms with Crippen LogP contribution in [0.1, 0.15) is 48.0 Å². The standard InChI is InChI=1S/C12H18N2O3/c1-3-9-10(8(2)17-14-9)11(16)13-12(7-15)5-4-6-12/h15H,3-7H2,1-2H3,(H,13,16). The number of amides is 1. The zero-order valence-electron chi connectivity index (χ0n) is 10.2. The van der Waals surface area contributed by atoms with Crippen LogP contribution < -0.4 is 5.32 Å². The molecule has 1 amide bonds. The fraction of sp³-hybridized carbons (Fsp3) is 0.667. The van der Waals surface area contributed by atoms with Gasteiger partial charge in [-0.25, -0.2) is 0 Å². The first kappa shape index (κ1) is 12.1. The summed E-state index contributed by atoms with van der Waals surface area (Å²) in [5, 5.41) is 16.1. The first-order valence-electron chi connectivity index (χ1n) is 6.00. The average molecular weight is 238 g/mol. The Morgan fingerprint density at radius 2 is 2.29 bits per heavy atom. The second kappa shape index (κ2) is 4.49. The van der Waals surface area contributed by atoms with Gasteiger partial charge in [0.1, 0.15) is 11.3 Å². The van der Waals surface area contributed by atoms with E-state index in [1.165, 1.54) is 0 Å². The second-order valence-corrected chi connectivity index (χ2v) is 4.66. The number of carbonyl (C=O) groups is 1. The molecule has 1 fully saturated rings. The van der Waals surface area contributed by atoms with Gasteiger partial charge in [-0.1, -0.05) is 12.1 Å². The van der Waals surface area contributed by atoms with Crippen LogP contribution in [-0.2, 0) is 6.42 Å². The number of aliphatic hydroxyl groups is 1. The van der Waals surface area contributed by atoms with E-state index in [1.807, 2.05) is 6.92 Å². The zero-order chi connectivity index (χ0) is 12.5. The highest BCUT2D eigenvalue weighted by Crippen LogP contribution is 2.31. The molecule has 0 unspecified atom stereocenters. The Kier molecular flexibility index (Phi) is 3.19. The van der Waals surface area contributed by atoms with Gasteiger partial charge in [0, 0.05) is 0 Å². The monoisotopic (exact) mass is 238 g/mol. The number of aryl methyl sites for hydroxylation is 2. The second-order valence-electron chi connectivity index (χ2n) is 4.66. The molecule has 0 bridgehead atoms. The minimum Gasteiger partial charge on any atom is -0.394 e. The third kappa shape index (κ3) is 2.07. The van der Waals surface area contributed by atoms with E-state index in [9.17, 15) is 9.90 Å². The lowest BCUT2D eigenvalue weighted by Crippen LogP contribution is -2.56. The lowest BCUT2D eigenvalue weighted by Gasteiger charge is -2.40. The van der Waals surface area contributed by atoms with Crippen LogP contribution in [-0.4, -0.2) is 28.3 Å². The molecule has 0 aliphatic heterocycles. The summed E-state index contributed by atoms with van der Waals surface area (Å²) in [4.78, 5) is 12.2. The molecule has 0 atom stereocenters. The van der Waals surface area contributed by atoms with Crippen LogP contribution in [0.3, 0.4) is 0 Å². The van der Waals surface area contributed by atoms with E-state index in [2.05, 4.69) is 10.5 Å². The van der Waals surface area contributed by atoms with E-state index in [0.717, 1.165) is 19.3 Å². The van der Waals surface area contributed by atoms with Crippen LogP contribution in [0.4, 0.5) is 0 Å². The molecular weight excluding hydrogens is 220 g/mol. The van der Waals surface area contributed by atoms with Gasteiger partial charge < -0.3 is 14.9 Å². The van der Waals surface area contributed by atoms with Gasteiger partial charge in [-0.05, 0) is 32.6 Å². The zero-order valence-corrected chi connectivity index (χ0v) is 10.2. The number of nitrogens with one attached hydrogen (secondary N) is 1. The van der Waals surface area contributed by atoms with Gasteiger partial charge in [0.25, 0.3) is 5.91 Å². The molecule has 0 aromatic carbocycles. The van der Waals surface area contributed by atoms with Crippen molar-refractivity contribution in [2.45, 2.75) is 45.1 Å². The van der Waals surface area contributed by atoms with Crippen LogP contribution in [0.5, 0.6) is 0 Å². The highest BCUT2D eigenvalue weighted by Gasteiger charge is 2.38. The van der Waals surface area contributed by atoms with Gasteiger partial charge in [0.15, 0.2) is 0 Å². The predicted octanol–water partition coefficient (Wildman–Crippen LogP) is 1.19. The van der Waals surface area contributed by atoms with E-state index in [-0.39, 0.29) is 12.5 Å². The molecule has 1 aliphatic rings. The van der Waals surface area contributed by atoms with Crippen molar-refractivity contribution in [2.75, 3.05) is 6.61 Å². The average Bonchev–Trinajstić information content (AvgIpc) is 2.64. The van der Waals surface area contributed by atoms with Gasteiger partial charge in [-0.3, -0.25) is 4.79 Å². The smallest absolute Gasteiger partial charge is 0.257 e. The van der Waals surface area contributed by atoms with Crippen LogP contribution in [0.15, 0.2) is 4.52 Å². The molecule has 1 saturated carbocycles. The molecule has 1 aliphatic carbocycles. The Balaban J connectivity index is 2.16. The summed E-state index contributed by atoms with van der Waals surface area (Å²) in [6, 6.07) is 0. The van der Waals surface area contributed by atoms with Gasteiger partial charge in [0.2, 0.25) is 0 Å². The van der Waals surface area contributed by atoms with Crippen molar-refractivity contribution in [3.63, 3.8) is 0 Å². The van der Waals surface area contributed by atoms with Gasteiger partial charge in [0.05, 0.1) is 17.8 Å². The lowest BCUT2D eigenvalue weighted by atomic mass is 9.77. The van der Waals surface area contributed by atoms with Crippen LogP contribution in [0.2, 0.25) is 0 Å². The van der Waals surface area contributed by atoms with Crippen molar-refractivity contribution in [3.05, 3.63) is 17.0 Å². The first-order valence-corrected chi connectivity index (χ1v) is 6.00. The summed E-state index contributed by atoms with van der Waals surface area (Å²) in [6.45, 7) is 3.65. The molecule has 2 rings (SSSR count). The summed E-state index contributed by atoms with van der Waals surface area (Å²) in [6.07, 6.45) is 3.37. The van der Waals surface area contributed by atoms with Crippen LogP contribution in [0, 0.1) is 6.92 Å². The third-order valence-electron chi connectivity index (χ3n) is 3.49. The fourth-order valence-corrected chi connectivity index (χ4v) is 2.18. The molecule has 1 aromatic rings. The van der Waals surface area contributed by atoms with Crippen molar-refractivity contribution in [3.8, 4) is 0 Å². The Labute approximate surface area is 100 Å². The summed E-state index contributed by atoms with van der Waals surface area (Å²) in [5.74, 6) is 0.348. The largest absolute Gasteiger partial charge is 0.394 e. The molecule has 17 heavy (non-hydrogen) atoms. The SMILES string of the molecule is CCc1noc(C)c1C(=O)NC1(CO)CCC1. The van der Waals surface area contributed by atoms with E-state index in [1.54, 1.807) is 6.92 Å². The topological polar surface area (TPSA) is 75.4 Å². The molecule has 1 heterocycles. The Bertz CT molecular complexity index is 416. The first-order chi connectivity index (χ1) is 8.12. The summed E-state index contributed by atoms with van der Waals surface area (Å²) in [5.41, 5.74) is 0.769. The number of aromatic nitrogens is 1. The van der Waals surface area contributed by atoms with Crippen molar-refractivity contribution < 1.29 is 14.4 Å². The van der Waals surface area contributed by atoms with E-state index in [0.29, 0.717) is 23.4 Å². The summed E-state index contributed by atoms with van der Waals surface area (Å²) >= 11 is 0.